The minimum atomic E-state index is -0.434. The number of hydrogen-bond donors (Lipinski definition) is 2. The molecule has 5 aliphatic carbocycles. The lowest BCUT2D eigenvalue weighted by molar-refractivity contribution is -0.114. The second-order valence-electron chi connectivity index (χ2n) is 12.8. The molecule has 0 radical (unpaired) electrons. The average molecular weight is 469 g/mol. The Morgan fingerprint density at radius 3 is 2.21 bits per heavy atom. The second kappa shape index (κ2) is 9.85. The van der Waals surface area contributed by atoms with Gasteiger partial charge in [0.1, 0.15) is 0 Å². The number of unbranched alkanes of at least 4 members (excludes halogenated alkanes) is 8. The molecule has 5 rings (SSSR count). The Bertz CT molecular complexity index is 828. The largest absolute Gasteiger partial charge is 0.396 e. The zero-order valence-electron chi connectivity index (χ0n) is 21.7. The van der Waals surface area contributed by atoms with Gasteiger partial charge in [0.15, 0.2) is 5.78 Å². The predicted molar refractivity (Wildman–Crippen MR) is 137 cm³/mol. The molecule has 3 atom stereocenters. The van der Waals surface area contributed by atoms with Crippen molar-refractivity contribution in [3.63, 3.8) is 0 Å². The highest BCUT2D eigenvalue weighted by Crippen LogP contribution is 2.78. The summed E-state index contributed by atoms with van der Waals surface area (Å²) >= 11 is 0. The molecule has 34 heavy (non-hydrogen) atoms. The number of hydrogen-bond acceptors (Lipinski definition) is 3. The molecule has 5 aliphatic rings. The fraction of sp³-hybridized carbons (Fsp3) is 0.839. The molecule has 0 unspecified atom stereocenters. The Kier molecular flexibility index (Phi) is 7.17. The van der Waals surface area contributed by atoms with Crippen LogP contribution in [0.25, 0.3) is 0 Å². The molecule has 3 saturated carbocycles. The Labute approximate surface area is 207 Å². The number of aliphatic hydroxyl groups excluding tert-OH is 1. The number of carbonyl (C=O) groups excluding carboxylic acids is 1. The molecule has 0 aliphatic heterocycles. The molecule has 0 aromatic heterocycles. The van der Waals surface area contributed by atoms with Crippen LogP contribution in [0.1, 0.15) is 129 Å². The van der Waals surface area contributed by atoms with Crippen LogP contribution in [0.15, 0.2) is 22.8 Å². The van der Waals surface area contributed by atoms with Gasteiger partial charge in [0.25, 0.3) is 0 Å². The van der Waals surface area contributed by atoms with Gasteiger partial charge in [0, 0.05) is 18.4 Å². The van der Waals surface area contributed by atoms with E-state index in [1.165, 1.54) is 89.0 Å². The molecule has 3 heteroatoms. The predicted octanol–water partition coefficient (Wildman–Crippen LogP) is 7.21. The van der Waals surface area contributed by atoms with Crippen molar-refractivity contribution >= 4 is 5.78 Å². The maximum absolute atomic E-state index is 12.2. The molecule has 0 heterocycles. The van der Waals surface area contributed by atoms with E-state index in [9.17, 15) is 9.90 Å². The fourth-order valence-electron chi connectivity index (χ4n) is 9.49. The summed E-state index contributed by atoms with van der Waals surface area (Å²) in [6.07, 6.45) is 24.2. The van der Waals surface area contributed by atoms with E-state index in [4.69, 9.17) is 5.11 Å². The molecular formula is C31H48O3. The summed E-state index contributed by atoms with van der Waals surface area (Å²) in [5.41, 5.74) is 4.68. The summed E-state index contributed by atoms with van der Waals surface area (Å²) in [4.78, 5) is 12.2. The van der Waals surface area contributed by atoms with Crippen molar-refractivity contribution in [3.05, 3.63) is 22.8 Å². The monoisotopic (exact) mass is 468 g/mol. The maximum Gasteiger partial charge on any atom is 0.156 e. The van der Waals surface area contributed by atoms with E-state index in [0.717, 1.165) is 32.1 Å². The maximum atomic E-state index is 12.2. The molecular weight excluding hydrogens is 420 g/mol. The van der Waals surface area contributed by atoms with E-state index in [1.54, 1.807) is 11.1 Å². The van der Waals surface area contributed by atoms with Crippen LogP contribution < -0.4 is 0 Å². The summed E-state index contributed by atoms with van der Waals surface area (Å²) in [6.45, 7) is 2.80. The van der Waals surface area contributed by atoms with Crippen LogP contribution in [0, 0.1) is 22.7 Å². The minimum absolute atomic E-state index is 0.0830. The Hall–Kier alpha value is -0.930. The zero-order chi connectivity index (χ0) is 23.8. The van der Waals surface area contributed by atoms with Gasteiger partial charge in [-0.25, -0.2) is 0 Å². The third kappa shape index (κ3) is 3.97. The second-order valence-corrected chi connectivity index (χ2v) is 12.8. The van der Waals surface area contributed by atoms with Gasteiger partial charge in [-0.15, -0.1) is 0 Å². The van der Waals surface area contributed by atoms with E-state index in [2.05, 4.69) is 6.92 Å². The number of ketones is 1. The summed E-state index contributed by atoms with van der Waals surface area (Å²) in [5.74, 6) is 1.59. The van der Waals surface area contributed by atoms with Crippen LogP contribution in [0.5, 0.6) is 0 Å². The third-order valence-electron chi connectivity index (χ3n) is 11.3. The van der Waals surface area contributed by atoms with Gasteiger partial charge in [0.05, 0.1) is 5.60 Å². The van der Waals surface area contributed by atoms with Crippen molar-refractivity contribution in [1.29, 1.82) is 0 Å². The minimum Gasteiger partial charge on any atom is -0.396 e. The van der Waals surface area contributed by atoms with Crippen LogP contribution >= 0.6 is 0 Å². The van der Waals surface area contributed by atoms with E-state index in [-0.39, 0.29) is 5.41 Å². The van der Waals surface area contributed by atoms with Crippen LogP contribution in [-0.2, 0) is 4.79 Å². The fourth-order valence-corrected chi connectivity index (χ4v) is 9.49. The van der Waals surface area contributed by atoms with E-state index < -0.39 is 5.60 Å². The van der Waals surface area contributed by atoms with Crippen molar-refractivity contribution in [2.24, 2.45) is 22.7 Å². The molecule has 0 spiro atoms. The van der Waals surface area contributed by atoms with Gasteiger partial charge in [-0.1, -0.05) is 63.9 Å². The molecule has 2 N–H and O–H groups in total. The van der Waals surface area contributed by atoms with E-state index >= 15 is 0 Å². The number of aliphatic hydroxyl groups is 2. The molecule has 0 saturated heterocycles. The number of fused-ring (bicyclic) bond motifs is 2. The smallest absolute Gasteiger partial charge is 0.156 e. The first kappa shape index (κ1) is 24.8. The summed E-state index contributed by atoms with van der Waals surface area (Å²) < 4.78 is 0. The van der Waals surface area contributed by atoms with Gasteiger partial charge in [-0.05, 0) is 98.7 Å². The van der Waals surface area contributed by atoms with Crippen molar-refractivity contribution in [2.75, 3.05) is 6.61 Å². The van der Waals surface area contributed by atoms with E-state index in [0.29, 0.717) is 36.1 Å². The number of carbonyl (C=O) groups is 1. The summed E-state index contributed by atoms with van der Waals surface area (Å²) in [5, 5.41) is 20.6. The molecule has 0 amide bonds. The first-order chi connectivity index (χ1) is 16.4. The van der Waals surface area contributed by atoms with Crippen LogP contribution in [-0.4, -0.2) is 28.2 Å². The average Bonchev–Trinajstić information content (AvgIpc) is 3.20. The third-order valence-corrected chi connectivity index (χ3v) is 11.3. The quantitative estimate of drug-likeness (QED) is 0.315. The van der Waals surface area contributed by atoms with Gasteiger partial charge in [-0.3, -0.25) is 4.79 Å². The first-order valence-electron chi connectivity index (χ1n) is 14.7. The molecule has 0 aromatic rings. The van der Waals surface area contributed by atoms with Crippen molar-refractivity contribution in [1.82, 2.24) is 0 Å². The van der Waals surface area contributed by atoms with Gasteiger partial charge < -0.3 is 10.2 Å². The van der Waals surface area contributed by atoms with Crippen LogP contribution in [0.4, 0.5) is 0 Å². The van der Waals surface area contributed by atoms with Crippen molar-refractivity contribution in [2.45, 2.75) is 135 Å². The number of rotatable bonds is 11. The lowest BCUT2D eigenvalue weighted by atomic mass is 9.47. The summed E-state index contributed by atoms with van der Waals surface area (Å²) in [7, 11) is 0. The molecule has 3 nitrogen and oxygen atoms in total. The Balaban J connectivity index is 1.27. The van der Waals surface area contributed by atoms with Crippen LogP contribution in [0.2, 0.25) is 0 Å². The molecule has 2 bridgehead atoms. The SMILES string of the molecule is C[C@]12C[C@H](CCCCCCCCCCCO)C3=C4CCC(=O)C=C4CC[C@H]3C13CCC2(O)CC3. The lowest BCUT2D eigenvalue weighted by Crippen LogP contribution is -2.53. The highest BCUT2D eigenvalue weighted by molar-refractivity contribution is 5.93. The van der Waals surface area contributed by atoms with Gasteiger partial charge in [0.2, 0.25) is 0 Å². The first-order valence-corrected chi connectivity index (χ1v) is 14.7. The van der Waals surface area contributed by atoms with Crippen molar-refractivity contribution in [3.8, 4) is 0 Å². The molecule has 0 aromatic carbocycles. The van der Waals surface area contributed by atoms with E-state index in [1.807, 2.05) is 6.08 Å². The molecule has 3 fully saturated rings. The lowest BCUT2D eigenvalue weighted by Gasteiger charge is -2.58. The highest BCUT2D eigenvalue weighted by Gasteiger charge is 2.73. The summed E-state index contributed by atoms with van der Waals surface area (Å²) in [6, 6.07) is 0. The topological polar surface area (TPSA) is 57.5 Å². The standard InChI is InChI=1S/C31H48O3/c1-29-22-24(11-9-7-5-3-2-4-6-8-10-20-32)28-26-14-13-25(33)21-23(26)12-15-27(28)30(29)16-18-31(29,34)19-17-30/h21,24,27,32,34H,2-20,22H2,1H3/t24-,27+,29-,30?,31?/m0/s1. The Morgan fingerprint density at radius 2 is 1.53 bits per heavy atom. The molecule has 190 valence electrons. The highest BCUT2D eigenvalue weighted by atomic mass is 16.3. The van der Waals surface area contributed by atoms with Crippen molar-refractivity contribution < 1.29 is 15.0 Å². The van der Waals surface area contributed by atoms with Gasteiger partial charge in [-0.2, -0.15) is 0 Å². The Morgan fingerprint density at radius 1 is 0.882 bits per heavy atom. The number of allylic oxidation sites excluding steroid dienone is 4. The normalized spacial score (nSPS) is 38.6. The van der Waals surface area contributed by atoms with Crippen LogP contribution in [0.3, 0.4) is 0 Å². The van der Waals surface area contributed by atoms with Gasteiger partial charge >= 0.3 is 0 Å². The zero-order valence-corrected chi connectivity index (χ0v) is 21.7.